The Morgan fingerprint density at radius 1 is 0.939 bits per heavy atom. The lowest BCUT2D eigenvalue weighted by Gasteiger charge is -2.32. The fourth-order valence-corrected chi connectivity index (χ4v) is 3.03. The van der Waals surface area contributed by atoms with Crippen molar-refractivity contribution >= 4 is 25.3 Å². The highest BCUT2D eigenvalue weighted by Crippen LogP contribution is 2.39. The first kappa shape index (κ1) is 26.9. The summed E-state index contributed by atoms with van der Waals surface area (Å²) >= 11 is 0. The van der Waals surface area contributed by atoms with Gasteiger partial charge in [0.1, 0.15) is 11.2 Å². The average Bonchev–Trinajstić information content (AvgIpc) is 2.83. The number of esters is 1. The molecule has 0 bridgehead atoms. The van der Waals surface area contributed by atoms with E-state index in [2.05, 4.69) is 5.32 Å². The van der Waals surface area contributed by atoms with Gasteiger partial charge in [-0.15, -0.1) is 0 Å². The molecular weight excluding hydrogens is 421 g/mol. The number of hydrogen-bond acceptors (Lipinski definition) is 6. The average molecular weight is 459 g/mol. The summed E-state index contributed by atoms with van der Waals surface area (Å²) < 4.78 is 23.4. The van der Waals surface area contributed by atoms with Crippen molar-refractivity contribution < 1.29 is 28.4 Å². The SMILES string of the molecule is CC(C)(C)OC(=O)NCC(=Cc1ccccc1C(=O)OC(C)(C)C)B1OC(C)(C)C(C)(C)O1. The Morgan fingerprint density at radius 3 is 1.97 bits per heavy atom. The lowest BCUT2D eigenvalue weighted by molar-refractivity contribution is 0.00578. The van der Waals surface area contributed by atoms with Crippen LogP contribution in [0.2, 0.25) is 0 Å². The van der Waals surface area contributed by atoms with E-state index in [1.165, 1.54) is 0 Å². The summed E-state index contributed by atoms with van der Waals surface area (Å²) in [5.74, 6) is -0.428. The third-order valence-corrected chi connectivity index (χ3v) is 5.31. The molecule has 1 aromatic carbocycles. The molecule has 0 aromatic heterocycles. The standard InChI is InChI=1S/C25H38BNO6/c1-22(2,3)30-20(28)19-14-12-11-13-17(19)15-18(16-27-21(29)31-23(4,5)6)26-32-24(7,8)25(9,10)33-26/h11-15H,16H2,1-10H3,(H,27,29). The second-order valence-electron chi connectivity index (χ2n) is 11.3. The molecule has 0 aliphatic carbocycles. The van der Waals surface area contributed by atoms with Crippen molar-refractivity contribution in [2.75, 3.05) is 6.54 Å². The number of hydrogen-bond donors (Lipinski definition) is 1. The smallest absolute Gasteiger partial charge is 0.456 e. The highest BCUT2D eigenvalue weighted by atomic mass is 16.7. The molecule has 8 heteroatoms. The molecule has 0 spiro atoms. The zero-order valence-electron chi connectivity index (χ0n) is 21.6. The molecule has 0 saturated carbocycles. The van der Waals surface area contributed by atoms with Gasteiger partial charge >= 0.3 is 19.2 Å². The molecule has 0 atom stereocenters. The van der Waals surface area contributed by atoms with E-state index in [-0.39, 0.29) is 6.54 Å². The van der Waals surface area contributed by atoms with Gasteiger partial charge in [-0.05, 0) is 86.3 Å². The van der Waals surface area contributed by atoms with Crippen molar-refractivity contribution in [3.05, 3.63) is 40.9 Å². The Kier molecular flexibility index (Phi) is 7.76. The van der Waals surface area contributed by atoms with Crippen LogP contribution in [-0.2, 0) is 18.8 Å². The van der Waals surface area contributed by atoms with E-state index >= 15 is 0 Å². The van der Waals surface area contributed by atoms with Crippen LogP contribution in [0.3, 0.4) is 0 Å². The van der Waals surface area contributed by atoms with E-state index in [1.54, 1.807) is 39.0 Å². The summed E-state index contributed by atoms with van der Waals surface area (Å²) in [6, 6.07) is 7.15. The van der Waals surface area contributed by atoms with Crippen LogP contribution in [0.15, 0.2) is 29.7 Å². The highest BCUT2D eigenvalue weighted by molar-refractivity contribution is 6.56. The Bertz CT molecular complexity index is 892. The summed E-state index contributed by atoms with van der Waals surface area (Å²) in [5, 5.41) is 2.77. The molecule has 7 nitrogen and oxygen atoms in total. The Labute approximate surface area is 198 Å². The van der Waals surface area contributed by atoms with Crippen LogP contribution < -0.4 is 5.32 Å². The molecule has 2 rings (SSSR count). The Balaban J connectivity index is 2.40. The first-order chi connectivity index (χ1) is 14.9. The Morgan fingerprint density at radius 2 is 1.45 bits per heavy atom. The van der Waals surface area contributed by atoms with Crippen molar-refractivity contribution in [1.29, 1.82) is 0 Å². The predicted molar refractivity (Wildman–Crippen MR) is 130 cm³/mol. The summed E-state index contributed by atoms with van der Waals surface area (Å²) in [7, 11) is -0.711. The number of alkyl carbamates (subject to hydrolysis) is 1. The molecular formula is C25H38BNO6. The van der Waals surface area contributed by atoms with E-state index in [0.29, 0.717) is 16.6 Å². The second kappa shape index (κ2) is 9.51. The van der Waals surface area contributed by atoms with Gasteiger partial charge in [-0.1, -0.05) is 24.3 Å². The molecule has 1 aliphatic heterocycles. The molecule has 1 aromatic rings. The first-order valence-corrected chi connectivity index (χ1v) is 11.3. The van der Waals surface area contributed by atoms with Gasteiger partial charge in [-0.25, -0.2) is 9.59 Å². The predicted octanol–water partition coefficient (Wildman–Crippen LogP) is 5.18. The van der Waals surface area contributed by atoms with E-state index in [9.17, 15) is 9.59 Å². The zero-order valence-corrected chi connectivity index (χ0v) is 21.6. The lowest BCUT2D eigenvalue weighted by Crippen LogP contribution is -2.41. The minimum Gasteiger partial charge on any atom is -0.456 e. The summed E-state index contributed by atoms with van der Waals surface area (Å²) in [5.41, 5.74) is -0.667. The van der Waals surface area contributed by atoms with Crippen molar-refractivity contribution in [2.24, 2.45) is 0 Å². The molecule has 33 heavy (non-hydrogen) atoms. The number of rotatable bonds is 5. The highest BCUT2D eigenvalue weighted by Gasteiger charge is 2.52. The maximum Gasteiger partial charge on any atom is 0.492 e. The van der Waals surface area contributed by atoms with Crippen LogP contribution in [0.25, 0.3) is 6.08 Å². The fourth-order valence-electron chi connectivity index (χ4n) is 3.03. The molecule has 1 N–H and O–H groups in total. The quantitative estimate of drug-likeness (QED) is 0.483. The molecule has 1 amide bonds. The number of ether oxygens (including phenoxy) is 2. The van der Waals surface area contributed by atoms with Gasteiger partial charge in [0.25, 0.3) is 0 Å². The fraction of sp³-hybridized carbons (Fsp3) is 0.600. The van der Waals surface area contributed by atoms with E-state index in [1.807, 2.05) is 60.6 Å². The third-order valence-electron chi connectivity index (χ3n) is 5.31. The van der Waals surface area contributed by atoms with Crippen molar-refractivity contribution in [3.63, 3.8) is 0 Å². The van der Waals surface area contributed by atoms with Crippen LogP contribution >= 0.6 is 0 Å². The summed E-state index contributed by atoms with van der Waals surface area (Å²) in [6.07, 6.45) is 1.25. The van der Waals surface area contributed by atoms with Crippen LogP contribution in [-0.4, -0.2) is 48.1 Å². The minimum atomic E-state index is -0.711. The van der Waals surface area contributed by atoms with Crippen LogP contribution in [0.1, 0.15) is 85.2 Å². The van der Waals surface area contributed by atoms with Crippen LogP contribution in [0.4, 0.5) is 4.79 Å². The second-order valence-corrected chi connectivity index (χ2v) is 11.3. The van der Waals surface area contributed by atoms with E-state index < -0.39 is 41.6 Å². The van der Waals surface area contributed by atoms with E-state index in [4.69, 9.17) is 18.8 Å². The molecule has 182 valence electrons. The normalized spacial score (nSPS) is 18.1. The minimum absolute atomic E-state index is 0.119. The summed E-state index contributed by atoms with van der Waals surface area (Å²) in [4.78, 5) is 25.1. The van der Waals surface area contributed by atoms with Gasteiger partial charge in [0.2, 0.25) is 0 Å². The number of benzene rings is 1. The number of amides is 1. The third kappa shape index (κ3) is 7.61. The van der Waals surface area contributed by atoms with Gasteiger partial charge < -0.3 is 24.1 Å². The van der Waals surface area contributed by atoms with E-state index in [0.717, 1.165) is 0 Å². The zero-order chi connectivity index (χ0) is 25.2. The molecule has 0 radical (unpaired) electrons. The number of nitrogens with one attached hydrogen (secondary N) is 1. The first-order valence-electron chi connectivity index (χ1n) is 11.3. The molecule has 1 saturated heterocycles. The summed E-state index contributed by atoms with van der Waals surface area (Å²) in [6.45, 7) is 18.8. The monoisotopic (exact) mass is 459 g/mol. The number of carbonyl (C=O) groups is 2. The largest absolute Gasteiger partial charge is 0.492 e. The van der Waals surface area contributed by atoms with Crippen molar-refractivity contribution in [3.8, 4) is 0 Å². The van der Waals surface area contributed by atoms with Gasteiger partial charge in [0.15, 0.2) is 0 Å². The molecule has 0 unspecified atom stereocenters. The van der Waals surface area contributed by atoms with Gasteiger partial charge in [-0.3, -0.25) is 0 Å². The molecule has 1 fully saturated rings. The Hall–Kier alpha value is -2.32. The van der Waals surface area contributed by atoms with Gasteiger partial charge in [0, 0.05) is 6.54 Å². The molecule has 1 aliphatic rings. The lowest BCUT2D eigenvalue weighted by atomic mass is 9.76. The maximum atomic E-state index is 12.8. The maximum absolute atomic E-state index is 12.8. The van der Waals surface area contributed by atoms with Crippen molar-refractivity contribution in [2.45, 2.75) is 91.6 Å². The van der Waals surface area contributed by atoms with Crippen LogP contribution in [0, 0.1) is 0 Å². The van der Waals surface area contributed by atoms with Crippen molar-refractivity contribution in [1.82, 2.24) is 5.32 Å². The topological polar surface area (TPSA) is 83.1 Å². The van der Waals surface area contributed by atoms with Crippen LogP contribution in [0.5, 0.6) is 0 Å². The molecule has 1 heterocycles. The number of carbonyl (C=O) groups excluding carboxylic acids is 2. The van der Waals surface area contributed by atoms with Gasteiger partial charge in [0.05, 0.1) is 16.8 Å². The van der Waals surface area contributed by atoms with Gasteiger partial charge in [-0.2, -0.15) is 0 Å².